The molecule has 0 atom stereocenters. The highest BCUT2D eigenvalue weighted by molar-refractivity contribution is 6.31. The summed E-state index contributed by atoms with van der Waals surface area (Å²) in [6.07, 6.45) is 0. The van der Waals surface area contributed by atoms with E-state index < -0.39 is 0 Å². The van der Waals surface area contributed by atoms with Crippen molar-refractivity contribution in [3.63, 3.8) is 0 Å². The third-order valence-electron chi connectivity index (χ3n) is 3.97. The van der Waals surface area contributed by atoms with Gasteiger partial charge in [0.2, 0.25) is 0 Å². The summed E-state index contributed by atoms with van der Waals surface area (Å²) in [7, 11) is 1.56. The van der Waals surface area contributed by atoms with E-state index in [1.165, 1.54) is 24.3 Å². The molecule has 0 aliphatic heterocycles. The van der Waals surface area contributed by atoms with Crippen molar-refractivity contribution in [2.45, 2.75) is 13.2 Å². The predicted molar refractivity (Wildman–Crippen MR) is 102 cm³/mol. The molecule has 3 rings (SSSR count). The zero-order chi connectivity index (χ0) is 19.2. The summed E-state index contributed by atoms with van der Waals surface area (Å²) < 4.78 is 37.2. The molecule has 0 spiro atoms. The number of hydrogen-bond acceptors (Lipinski definition) is 3. The summed E-state index contributed by atoms with van der Waals surface area (Å²) in [6.45, 7) is 0.745. The van der Waals surface area contributed by atoms with E-state index in [0.717, 1.165) is 11.3 Å². The first-order valence-electron chi connectivity index (χ1n) is 8.28. The predicted octanol–water partition coefficient (Wildman–Crippen LogP) is 5.82. The molecule has 0 aliphatic rings. The molecule has 1 N–H and O–H groups in total. The molecule has 6 heteroatoms. The van der Waals surface area contributed by atoms with Crippen LogP contribution >= 0.6 is 11.6 Å². The van der Waals surface area contributed by atoms with Crippen LogP contribution in [0.4, 0.5) is 14.5 Å². The molecule has 0 bridgehead atoms. The molecule has 0 saturated carbocycles. The van der Waals surface area contributed by atoms with E-state index in [1.807, 2.05) is 12.1 Å². The van der Waals surface area contributed by atoms with Crippen molar-refractivity contribution in [2.75, 3.05) is 12.4 Å². The summed E-state index contributed by atoms with van der Waals surface area (Å²) in [5.41, 5.74) is 2.48. The normalized spacial score (nSPS) is 10.5. The minimum Gasteiger partial charge on any atom is -0.493 e. The van der Waals surface area contributed by atoms with Gasteiger partial charge in [-0.15, -0.1) is 0 Å². The van der Waals surface area contributed by atoms with E-state index >= 15 is 0 Å². The first-order valence-corrected chi connectivity index (χ1v) is 8.66. The Morgan fingerprint density at radius 3 is 2.33 bits per heavy atom. The average Bonchev–Trinajstić information content (AvgIpc) is 2.67. The standard InChI is InChI=1S/C21H18ClF2NO2/c1-26-21-10-14(12-25-18-7-5-16(23)6-8-18)2-9-20(21)27-13-15-3-4-17(24)11-19(15)22/h2-11,25H,12-13H2,1H3. The fraction of sp³-hybridized carbons (Fsp3) is 0.143. The van der Waals surface area contributed by atoms with Crippen LogP contribution in [-0.2, 0) is 13.2 Å². The van der Waals surface area contributed by atoms with Crippen LogP contribution in [0.2, 0.25) is 5.02 Å². The van der Waals surface area contributed by atoms with E-state index in [2.05, 4.69) is 5.32 Å². The van der Waals surface area contributed by atoms with Gasteiger partial charge in [0, 0.05) is 17.8 Å². The van der Waals surface area contributed by atoms with Gasteiger partial charge in [-0.3, -0.25) is 0 Å². The molecule has 0 aliphatic carbocycles. The van der Waals surface area contributed by atoms with Crippen molar-refractivity contribution >= 4 is 17.3 Å². The van der Waals surface area contributed by atoms with Crippen LogP contribution < -0.4 is 14.8 Å². The highest BCUT2D eigenvalue weighted by atomic mass is 35.5. The van der Waals surface area contributed by atoms with E-state index in [4.69, 9.17) is 21.1 Å². The molecule has 0 unspecified atom stereocenters. The first-order chi connectivity index (χ1) is 13.0. The van der Waals surface area contributed by atoms with Crippen LogP contribution in [0, 0.1) is 11.6 Å². The summed E-state index contributed by atoms with van der Waals surface area (Å²) in [4.78, 5) is 0. The van der Waals surface area contributed by atoms with Gasteiger partial charge in [0.25, 0.3) is 0 Å². The molecule has 3 nitrogen and oxygen atoms in total. The molecular formula is C21H18ClF2NO2. The number of methoxy groups -OCH3 is 1. The van der Waals surface area contributed by atoms with Crippen LogP contribution in [0.3, 0.4) is 0 Å². The molecular weight excluding hydrogens is 372 g/mol. The maximum absolute atomic E-state index is 13.1. The quantitative estimate of drug-likeness (QED) is 0.552. The second kappa shape index (κ2) is 8.73. The summed E-state index contributed by atoms with van der Waals surface area (Å²) >= 11 is 6.02. The highest BCUT2D eigenvalue weighted by Crippen LogP contribution is 2.30. The number of hydrogen-bond donors (Lipinski definition) is 1. The highest BCUT2D eigenvalue weighted by Gasteiger charge is 2.08. The number of rotatable bonds is 7. The fourth-order valence-corrected chi connectivity index (χ4v) is 2.73. The minimum atomic E-state index is -0.390. The van der Waals surface area contributed by atoms with Crippen LogP contribution in [0.5, 0.6) is 11.5 Å². The Labute approximate surface area is 161 Å². The Kier molecular flexibility index (Phi) is 6.14. The second-order valence-corrected chi connectivity index (χ2v) is 6.28. The zero-order valence-corrected chi connectivity index (χ0v) is 15.4. The Morgan fingerprint density at radius 1 is 0.889 bits per heavy atom. The van der Waals surface area contributed by atoms with Gasteiger partial charge in [0.15, 0.2) is 11.5 Å². The van der Waals surface area contributed by atoms with E-state index in [0.29, 0.717) is 28.6 Å². The maximum Gasteiger partial charge on any atom is 0.161 e. The zero-order valence-electron chi connectivity index (χ0n) is 14.6. The lowest BCUT2D eigenvalue weighted by Crippen LogP contribution is -2.02. The topological polar surface area (TPSA) is 30.5 Å². The monoisotopic (exact) mass is 389 g/mol. The first kappa shape index (κ1) is 19.0. The average molecular weight is 390 g/mol. The van der Waals surface area contributed by atoms with Crippen molar-refractivity contribution in [3.05, 3.63) is 88.4 Å². The molecule has 27 heavy (non-hydrogen) atoms. The number of anilines is 1. The molecule has 140 valence electrons. The largest absolute Gasteiger partial charge is 0.493 e. The number of nitrogens with one attached hydrogen (secondary N) is 1. The Hall–Kier alpha value is -2.79. The van der Waals surface area contributed by atoms with Crippen molar-refractivity contribution in [1.82, 2.24) is 0 Å². The van der Waals surface area contributed by atoms with Gasteiger partial charge in [-0.1, -0.05) is 23.7 Å². The third-order valence-corrected chi connectivity index (χ3v) is 4.32. The van der Waals surface area contributed by atoms with E-state index in [-0.39, 0.29) is 18.2 Å². The summed E-state index contributed by atoms with van der Waals surface area (Å²) in [5, 5.41) is 3.53. The van der Waals surface area contributed by atoms with Gasteiger partial charge in [0.1, 0.15) is 18.2 Å². The van der Waals surface area contributed by atoms with Crippen LogP contribution in [0.25, 0.3) is 0 Å². The smallest absolute Gasteiger partial charge is 0.161 e. The molecule has 0 amide bonds. The van der Waals surface area contributed by atoms with Crippen molar-refractivity contribution < 1.29 is 18.3 Å². The Morgan fingerprint density at radius 2 is 1.63 bits per heavy atom. The summed E-state index contributed by atoms with van der Waals surface area (Å²) in [6, 6.07) is 15.9. The lowest BCUT2D eigenvalue weighted by molar-refractivity contribution is 0.284. The molecule has 3 aromatic rings. The molecule has 0 heterocycles. The second-order valence-electron chi connectivity index (χ2n) is 5.87. The fourth-order valence-electron chi connectivity index (χ4n) is 2.51. The third kappa shape index (κ3) is 5.11. The van der Waals surface area contributed by atoms with Crippen LogP contribution in [0.1, 0.15) is 11.1 Å². The van der Waals surface area contributed by atoms with Crippen molar-refractivity contribution in [3.8, 4) is 11.5 Å². The Balaban J connectivity index is 1.65. The van der Waals surface area contributed by atoms with Gasteiger partial charge in [-0.05, 0) is 54.1 Å². The minimum absolute atomic E-state index is 0.197. The van der Waals surface area contributed by atoms with Crippen LogP contribution in [-0.4, -0.2) is 7.11 Å². The van der Waals surface area contributed by atoms with E-state index in [9.17, 15) is 8.78 Å². The van der Waals surface area contributed by atoms with Gasteiger partial charge in [-0.2, -0.15) is 0 Å². The molecule has 0 saturated heterocycles. The molecule has 0 radical (unpaired) electrons. The van der Waals surface area contributed by atoms with Crippen molar-refractivity contribution in [2.24, 2.45) is 0 Å². The van der Waals surface area contributed by atoms with Crippen LogP contribution in [0.15, 0.2) is 60.7 Å². The lowest BCUT2D eigenvalue weighted by atomic mass is 10.2. The van der Waals surface area contributed by atoms with Gasteiger partial charge in [0.05, 0.1) is 12.1 Å². The van der Waals surface area contributed by atoms with Crippen molar-refractivity contribution in [1.29, 1.82) is 0 Å². The van der Waals surface area contributed by atoms with Gasteiger partial charge in [-0.25, -0.2) is 8.78 Å². The number of benzene rings is 3. The van der Waals surface area contributed by atoms with Gasteiger partial charge < -0.3 is 14.8 Å². The SMILES string of the molecule is COc1cc(CNc2ccc(F)cc2)ccc1OCc1ccc(F)cc1Cl. The molecule has 0 fully saturated rings. The molecule has 0 aromatic heterocycles. The molecule has 3 aromatic carbocycles. The van der Waals surface area contributed by atoms with E-state index in [1.54, 1.807) is 31.4 Å². The van der Waals surface area contributed by atoms with Gasteiger partial charge >= 0.3 is 0 Å². The number of ether oxygens (including phenoxy) is 2. The lowest BCUT2D eigenvalue weighted by Gasteiger charge is -2.13. The number of halogens is 3. The summed E-state index contributed by atoms with van der Waals surface area (Å²) in [5.74, 6) is 0.472. The maximum atomic E-state index is 13.1. The Bertz CT molecular complexity index is 917.